The molecule has 4 rings (SSSR count). The molecule has 5 heteroatoms. The molecule has 3 nitrogen and oxygen atoms in total. The van der Waals surface area contributed by atoms with Crippen molar-refractivity contribution in [3.05, 3.63) is 69.2 Å². The Morgan fingerprint density at radius 2 is 1.81 bits per heavy atom. The van der Waals surface area contributed by atoms with Crippen molar-refractivity contribution in [3.63, 3.8) is 0 Å². The van der Waals surface area contributed by atoms with Crippen LogP contribution in [0.2, 0.25) is 10.0 Å². The van der Waals surface area contributed by atoms with Gasteiger partial charge in [0.2, 0.25) is 0 Å². The van der Waals surface area contributed by atoms with Crippen LogP contribution in [0.1, 0.15) is 53.2 Å². The summed E-state index contributed by atoms with van der Waals surface area (Å²) in [4.78, 5) is 15.4. The minimum atomic E-state index is -0.115. The van der Waals surface area contributed by atoms with Gasteiger partial charge in [-0.15, -0.1) is 0 Å². The van der Waals surface area contributed by atoms with Crippen molar-refractivity contribution in [1.29, 1.82) is 0 Å². The molecule has 1 aliphatic heterocycles. The third-order valence-electron chi connectivity index (χ3n) is 5.69. The van der Waals surface area contributed by atoms with E-state index in [-0.39, 0.29) is 24.0 Å². The fourth-order valence-corrected chi connectivity index (χ4v) is 4.93. The van der Waals surface area contributed by atoms with Crippen LogP contribution in [-0.2, 0) is 6.42 Å². The number of rotatable bonds is 2. The van der Waals surface area contributed by atoms with Crippen LogP contribution in [0.4, 0.5) is 0 Å². The van der Waals surface area contributed by atoms with Gasteiger partial charge in [-0.2, -0.15) is 0 Å². The largest absolute Gasteiger partial charge is 0.327 e. The molecule has 2 N–H and O–H groups in total. The lowest BCUT2D eigenvalue weighted by Gasteiger charge is -2.46. The quantitative estimate of drug-likeness (QED) is 0.786. The van der Waals surface area contributed by atoms with Crippen molar-refractivity contribution in [3.8, 4) is 0 Å². The van der Waals surface area contributed by atoms with Gasteiger partial charge < -0.3 is 10.6 Å². The van der Waals surface area contributed by atoms with E-state index in [9.17, 15) is 4.79 Å². The summed E-state index contributed by atoms with van der Waals surface area (Å²) in [6.45, 7) is 0. The number of carbonyl (C=O) groups is 1. The van der Waals surface area contributed by atoms with Crippen molar-refractivity contribution >= 4 is 29.1 Å². The maximum Gasteiger partial charge on any atom is 0.254 e. The standard InChI is InChI=1S/C21H22Cl2N2O/c22-14-9-10-16(17(23)12-14)20-11-13-5-1-2-6-15(13)21(26)25(20)19-8-4-3-7-18(19)24/h1-2,5-6,9-10,12,18-20H,3-4,7-8,11,24H2/t18-,19-,20+/m0/s1. The minimum absolute atomic E-state index is 0.00605. The number of amides is 1. The molecule has 1 heterocycles. The Hall–Kier alpha value is -1.55. The lowest BCUT2D eigenvalue weighted by Crippen LogP contribution is -2.55. The van der Waals surface area contributed by atoms with E-state index in [1.807, 2.05) is 41.3 Å². The maximum atomic E-state index is 13.4. The third kappa shape index (κ3) is 3.13. The van der Waals surface area contributed by atoms with Gasteiger partial charge in [0, 0.05) is 27.7 Å². The van der Waals surface area contributed by atoms with Gasteiger partial charge in [0.25, 0.3) is 5.91 Å². The zero-order chi connectivity index (χ0) is 18.3. The monoisotopic (exact) mass is 388 g/mol. The first-order chi connectivity index (χ1) is 12.6. The highest BCUT2D eigenvalue weighted by Crippen LogP contribution is 2.40. The molecule has 136 valence electrons. The molecule has 0 bridgehead atoms. The summed E-state index contributed by atoms with van der Waals surface area (Å²) in [6.07, 6.45) is 4.87. The smallest absolute Gasteiger partial charge is 0.254 e. The molecule has 26 heavy (non-hydrogen) atoms. The molecule has 1 saturated carbocycles. The van der Waals surface area contributed by atoms with Gasteiger partial charge in [-0.25, -0.2) is 0 Å². The highest BCUT2D eigenvalue weighted by molar-refractivity contribution is 6.35. The number of halogens is 2. The van der Waals surface area contributed by atoms with E-state index < -0.39 is 0 Å². The average Bonchev–Trinajstić information content (AvgIpc) is 2.63. The lowest BCUT2D eigenvalue weighted by atomic mass is 9.83. The second-order valence-corrected chi connectivity index (χ2v) is 8.11. The summed E-state index contributed by atoms with van der Waals surface area (Å²) in [7, 11) is 0. The summed E-state index contributed by atoms with van der Waals surface area (Å²) in [5, 5.41) is 1.20. The van der Waals surface area contributed by atoms with E-state index in [4.69, 9.17) is 28.9 Å². The molecule has 3 atom stereocenters. The summed E-state index contributed by atoms with van der Waals surface area (Å²) < 4.78 is 0. The van der Waals surface area contributed by atoms with Crippen LogP contribution in [-0.4, -0.2) is 22.9 Å². The first kappa shape index (κ1) is 17.8. The number of fused-ring (bicyclic) bond motifs is 1. The number of benzene rings is 2. The normalized spacial score (nSPS) is 25.9. The Bertz CT molecular complexity index is 839. The van der Waals surface area contributed by atoms with E-state index in [2.05, 4.69) is 0 Å². The third-order valence-corrected chi connectivity index (χ3v) is 6.25. The van der Waals surface area contributed by atoms with Crippen LogP contribution in [0.3, 0.4) is 0 Å². The second kappa shape index (κ2) is 7.22. The van der Waals surface area contributed by atoms with Crippen molar-refractivity contribution in [2.75, 3.05) is 0 Å². The van der Waals surface area contributed by atoms with Crippen LogP contribution in [0.5, 0.6) is 0 Å². The van der Waals surface area contributed by atoms with Crippen molar-refractivity contribution in [2.45, 2.75) is 50.2 Å². The molecule has 0 aromatic heterocycles. The summed E-state index contributed by atoms with van der Waals surface area (Å²) >= 11 is 12.6. The van der Waals surface area contributed by atoms with E-state index in [0.29, 0.717) is 10.0 Å². The predicted octanol–water partition coefficient (Wildman–Crippen LogP) is 5.00. The van der Waals surface area contributed by atoms with E-state index in [1.165, 1.54) is 0 Å². The number of nitrogens with two attached hydrogens (primary N) is 1. The number of carbonyl (C=O) groups excluding carboxylic acids is 1. The Morgan fingerprint density at radius 1 is 1.04 bits per heavy atom. The Kier molecular flexibility index (Phi) is 4.96. The van der Waals surface area contributed by atoms with Gasteiger partial charge in [-0.05, 0) is 48.6 Å². The van der Waals surface area contributed by atoms with Gasteiger partial charge in [-0.3, -0.25) is 4.79 Å². The van der Waals surface area contributed by atoms with Gasteiger partial charge in [0.1, 0.15) is 0 Å². The van der Waals surface area contributed by atoms with Gasteiger partial charge >= 0.3 is 0 Å². The second-order valence-electron chi connectivity index (χ2n) is 7.27. The van der Waals surface area contributed by atoms with Crippen LogP contribution in [0.15, 0.2) is 42.5 Å². The Labute approximate surface area is 164 Å². The fourth-order valence-electron chi connectivity index (χ4n) is 4.39. The molecule has 1 fully saturated rings. The molecular weight excluding hydrogens is 367 g/mol. The topological polar surface area (TPSA) is 46.3 Å². The molecule has 0 spiro atoms. The van der Waals surface area contributed by atoms with E-state index in [1.54, 1.807) is 6.07 Å². The van der Waals surface area contributed by atoms with Crippen molar-refractivity contribution < 1.29 is 4.79 Å². The lowest BCUT2D eigenvalue weighted by molar-refractivity contribution is 0.0435. The molecule has 0 saturated heterocycles. The highest BCUT2D eigenvalue weighted by atomic mass is 35.5. The van der Waals surface area contributed by atoms with Gasteiger partial charge in [-0.1, -0.05) is 60.3 Å². The van der Waals surface area contributed by atoms with Crippen molar-refractivity contribution in [1.82, 2.24) is 4.90 Å². The Balaban J connectivity index is 1.82. The maximum absolute atomic E-state index is 13.4. The first-order valence-corrected chi connectivity index (χ1v) is 9.93. The van der Waals surface area contributed by atoms with Crippen LogP contribution >= 0.6 is 23.2 Å². The molecule has 0 radical (unpaired) electrons. The number of hydrogen-bond acceptors (Lipinski definition) is 2. The van der Waals surface area contributed by atoms with Crippen molar-refractivity contribution in [2.24, 2.45) is 5.73 Å². The van der Waals surface area contributed by atoms with Crippen LogP contribution in [0, 0.1) is 0 Å². The molecule has 1 amide bonds. The average molecular weight is 389 g/mol. The SMILES string of the molecule is N[C@H]1CCCC[C@@H]1N1C(=O)c2ccccc2C[C@@H]1c1ccc(Cl)cc1Cl. The fraction of sp³-hybridized carbons (Fsp3) is 0.381. The number of hydrogen-bond donors (Lipinski definition) is 1. The summed E-state index contributed by atoms with van der Waals surface area (Å²) in [5.74, 6) is 0.0604. The van der Waals surface area contributed by atoms with Gasteiger partial charge in [0.05, 0.1) is 6.04 Å². The first-order valence-electron chi connectivity index (χ1n) is 9.17. The predicted molar refractivity (Wildman–Crippen MR) is 106 cm³/mol. The minimum Gasteiger partial charge on any atom is -0.327 e. The van der Waals surface area contributed by atoms with E-state index >= 15 is 0 Å². The molecule has 1 aliphatic carbocycles. The Morgan fingerprint density at radius 3 is 2.58 bits per heavy atom. The zero-order valence-corrected chi connectivity index (χ0v) is 16.0. The molecular formula is C21H22Cl2N2O. The number of nitrogens with zero attached hydrogens (tertiary/aromatic N) is 1. The molecule has 0 unspecified atom stereocenters. The zero-order valence-electron chi connectivity index (χ0n) is 14.5. The summed E-state index contributed by atoms with van der Waals surface area (Å²) in [5.41, 5.74) is 9.24. The molecule has 2 aromatic carbocycles. The van der Waals surface area contributed by atoms with Gasteiger partial charge in [0.15, 0.2) is 0 Å². The molecule has 2 aliphatic rings. The van der Waals surface area contributed by atoms with E-state index in [0.717, 1.165) is 48.8 Å². The van der Waals surface area contributed by atoms with Crippen LogP contribution in [0.25, 0.3) is 0 Å². The summed E-state index contributed by atoms with van der Waals surface area (Å²) in [6, 6.07) is 13.3. The molecule has 2 aromatic rings. The van der Waals surface area contributed by atoms with Crippen LogP contribution < -0.4 is 5.73 Å². The highest BCUT2D eigenvalue weighted by Gasteiger charge is 2.41.